The Kier molecular flexibility index (Phi) is 17.9. The van der Waals surface area contributed by atoms with E-state index < -0.39 is 0 Å². The average Bonchev–Trinajstić information content (AvgIpc) is 3.33. The number of carbonyl (C=O) groups is 1. The first kappa shape index (κ1) is 32.5. The molecule has 0 spiro atoms. The van der Waals surface area contributed by atoms with E-state index in [-0.39, 0.29) is 5.91 Å². The lowest BCUT2D eigenvalue weighted by atomic mass is 9.95. The highest BCUT2D eigenvalue weighted by atomic mass is 32.2. The van der Waals surface area contributed by atoms with E-state index in [0.717, 1.165) is 67.2 Å². The molecule has 0 bridgehead atoms. The van der Waals surface area contributed by atoms with Crippen molar-refractivity contribution in [2.75, 3.05) is 30.9 Å². The number of amides is 1. The standard InChI is InChI=1S/C25H41N3OS.C2H6.CH4O/c1-7-21-15-16-28(17-21)23-14-13-22(25(27-23)30-8-2)24(29)26-20(6)12-11-19(5)10-9-18(3)4;2*1-2/h13-14,18-19,21H,6-12,15-17H2,1-5H3,(H,26,29);1-2H3;2H,1H3/t19?,21-;;/m0../s1. The molecule has 196 valence electrons. The third-order valence-corrected chi connectivity index (χ3v) is 6.90. The maximum absolute atomic E-state index is 12.9. The number of carbonyl (C=O) groups excluding carboxylic acids is 1. The van der Waals surface area contributed by atoms with Crippen LogP contribution in [0.3, 0.4) is 0 Å². The van der Waals surface area contributed by atoms with Crippen molar-refractivity contribution in [1.29, 1.82) is 0 Å². The summed E-state index contributed by atoms with van der Waals surface area (Å²) in [5.41, 5.74) is 1.46. The van der Waals surface area contributed by atoms with Gasteiger partial charge in [0, 0.05) is 25.9 Å². The summed E-state index contributed by atoms with van der Waals surface area (Å²) in [5.74, 6) is 3.95. The Labute approximate surface area is 214 Å². The van der Waals surface area contributed by atoms with Crippen LogP contribution in [0.4, 0.5) is 5.82 Å². The summed E-state index contributed by atoms with van der Waals surface area (Å²) < 4.78 is 0. The van der Waals surface area contributed by atoms with Crippen LogP contribution < -0.4 is 10.2 Å². The molecule has 1 aliphatic heterocycles. The zero-order chi connectivity index (χ0) is 26.1. The summed E-state index contributed by atoms with van der Waals surface area (Å²) in [5, 5.41) is 10.8. The molecule has 2 N–H and O–H groups in total. The number of anilines is 1. The molecule has 0 aromatic carbocycles. The van der Waals surface area contributed by atoms with Gasteiger partial charge < -0.3 is 15.3 Å². The topological polar surface area (TPSA) is 65.5 Å². The number of nitrogens with one attached hydrogen (secondary N) is 1. The van der Waals surface area contributed by atoms with Gasteiger partial charge in [0.25, 0.3) is 5.91 Å². The van der Waals surface area contributed by atoms with Gasteiger partial charge in [-0.2, -0.15) is 0 Å². The molecule has 1 fully saturated rings. The minimum atomic E-state index is -0.0855. The molecule has 1 aromatic rings. The lowest BCUT2D eigenvalue weighted by Crippen LogP contribution is -2.25. The van der Waals surface area contributed by atoms with Crippen LogP contribution in [0.1, 0.15) is 97.3 Å². The van der Waals surface area contributed by atoms with Crippen LogP contribution in [0.15, 0.2) is 29.4 Å². The number of hydrogen-bond acceptors (Lipinski definition) is 5. The Morgan fingerprint density at radius 3 is 2.44 bits per heavy atom. The second-order valence-corrected chi connectivity index (χ2v) is 10.4. The number of nitrogens with zero attached hydrogens (tertiary/aromatic N) is 2. The van der Waals surface area contributed by atoms with Gasteiger partial charge >= 0.3 is 0 Å². The van der Waals surface area contributed by atoms with Gasteiger partial charge in [-0.15, -0.1) is 11.8 Å². The monoisotopic (exact) mass is 493 g/mol. The van der Waals surface area contributed by atoms with Crippen molar-refractivity contribution >= 4 is 23.5 Å². The predicted octanol–water partition coefficient (Wildman–Crippen LogP) is 7.16. The number of aliphatic hydroxyl groups excluding tert-OH is 1. The maximum atomic E-state index is 12.9. The fourth-order valence-corrected chi connectivity index (χ4v) is 4.62. The van der Waals surface area contributed by atoms with Gasteiger partial charge in [0.1, 0.15) is 10.8 Å². The van der Waals surface area contributed by atoms with Crippen molar-refractivity contribution in [1.82, 2.24) is 10.3 Å². The van der Waals surface area contributed by atoms with E-state index in [1.54, 1.807) is 11.8 Å². The number of hydrogen-bond donors (Lipinski definition) is 2. The van der Waals surface area contributed by atoms with E-state index in [4.69, 9.17) is 10.1 Å². The summed E-state index contributed by atoms with van der Waals surface area (Å²) in [7, 11) is 1.00. The SMILES string of the molecule is C=C(CCC(C)CCC(C)C)NC(=O)c1ccc(N2CC[C@H](CC)C2)nc1SCC.CC.CO. The molecule has 1 aromatic heterocycles. The minimum Gasteiger partial charge on any atom is -0.400 e. The van der Waals surface area contributed by atoms with Crippen molar-refractivity contribution in [2.45, 2.75) is 92.0 Å². The molecule has 2 heterocycles. The second kappa shape index (κ2) is 18.8. The highest BCUT2D eigenvalue weighted by molar-refractivity contribution is 7.99. The van der Waals surface area contributed by atoms with Crippen molar-refractivity contribution < 1.29 is 9.90 Å². The van der Waals surface area contributed by atoms with Crippen LogP contribution in [-0.4, -0.2) is 41.9 Å². The summed E-state index contributed by atoms with van der Waals surface area (Å²) in [6.45, 7) is 21.4. The summed E-state index contributed by atoms with van der Waals surface area (Å²) >= 11 is 1.64. The first-order valence-corrected chi connectivity index (χ1v) is 14.1. The molecular weight excluding hydrogens is 442 g/mol. The number of aliphatic hydroxyl groups is 1. The number of thioether (sulfide) groups is 1. The van der Waals surface area contributed by atoms with Crippen molar-refractivity contribution in [2.24, 2.45) is 17.8 Å². The van der Waals surface area contributed by atoms with Crippen LogP contribution in [-0.2, 0) is 0 Å². The van der Waals surface area contributed by atoms with Crippen LogP contribution >= 0.6 is 11.8 Å². The van der Waals surface area contributed by atoms with E-state index in [1.807, 2.05) is 26.0 Å². The number of allylic oxidation sites excluding steroid dienone is 1. The van der Waals surface area contributed by atoms with Crippen LogP contribution in [0, 0.1) is 17.8 Å². The van der Waals surface area contributed by atoms with Gasteiger partial charge in [0.05, 0.1) is 5.56 Å². The molecule has 0 radical (unpaired) electrons. The van der Waals surface area contributed by atoms with Gasteiger partial charge in [-0.05, 0) is 54.9 Å². The van der Waals surface area contributed by atoms with E-state index in [0.29, 0.717) is 11.5 Å². The zero-order valence-corrected chi connectivity index (χ0v) is 23.9. The van der Waals surface area contributed by atoms with Gasteiger partial charge in [-0.25, -0.2) is 4.98 Å². The first-order valence-electron chi connectivity index (χ1n) is 13.2. The fraction of sp³-hybridized carbons (Fsp3) is 0.714. The van der Waals surface area contributed by atoms with Gasteiger partial charge in [0.2, 0.25) is 0 Å². The normalized spacial score (nSPS) is 15.7. The third kappa shape index (κ3) is 11.7. The lowest BCUT2D eigenvalue weighted by molar-refractivity contribution is 0.0960. The Hall–Kier alpha value is -1.53. The molecule has 1 aliphatic rings. The van der Waals surface area contributed by atoms with E-state index >= 15 is 0 Å². The highest BCUT2D eigenvalue weighted by Gasteiger charge is 2.23. The third-order valence-electron chi connectivity index (χ3n) is 6.02. The Bertz CT molecular complexity index is 709. The predicted molar refractivity (Wildman–Crippen MR) is 150 cm³/mol. The van der Waals surface area contributed by atoms with Gasteiger partial charge in [-0.3, -0.25) is 4.79 Å². The number of aromatic nitrogens is 1. The summed E-state index contributed by atoms with van der Waals surface area (Å²) in [4.78, 5) is 20.1. The van der Waals surface area contributed by atoms with E-state index in [2.05, 4.69) is 51.4 Å². The van der Waals surface area contributed by atoms with E-state index in [9.17, 15) is 4.79 Å². The number of pyridine rings is 1. The largest absolute Gasteiger partial charge is 0.400 e. The molecule has 6 heteroatoms. The Morgan fingerprint density at radius 1 is 1.21 bits per heavy atom. The van der Waals surface area contributed by atoms with Crippen LogP contribution in [0.2, 0.25) is 0 Å². The molecule has 5 nitrogen and oxygen atoms in total. The zero-order valence-electron chi connectivity index (χ0n) is 23.1. The highest BCUT2D eigenvalue weighted by Crippen LogP contribution is 2.28. The minimum absolute atomic E-state index is 0.0855. The summed E-state index contributed by atoms with van der Waals surface area (Å²) in [6, 6.07) is 3.94. The molecular formula is C28H51N3O2S. The van der Waals surface area contributed by atoms with E-state index in [1.165, 1.54) is 25.7 Å². The Balaban J connectivity index is 0.00000258. The van der Waals surface area contributed by atoms with Gasteiger partial charge in [-0.1, -0.05) is 74.3 Å². The van der Waals surface area contributed by atoms with Crippen LogP contribution in [0.5, 0.6) is 0 Å². The lowest BCUT2D eigenvalue weighted by Gasteiger charge is -2.19. The molecule has 0 saturated carbocycles. The first-order chi connectivity index (χ1) is 16.3. The smallest absolute Gasteiger partial charge is 0.258 e. The van der Waals surface area contributed by atoms with Crippen LogP contribution in [0.25, 0.3) is 0 Å². The second-order valence-electron chi connectivity index (χ2n) is 9.14. The molecule has 2 atom stereocenters. The molecule has 2 rings (SSSR count). The maximum Gasteiger partial charge on any atom is 0.258 e. The van der Waals surface area contributed by atoms with Crippen molar-refractivity contribution in [3.05, 3.63) is 30.0 Å². The molecule has 34 heavy (non-hydrogen) atoms. The molecule has 1 unspecified atom stereocenters. The quantitative estimate of drug-likeness (QED) is 0.302. The fourth-order valence-electron chi connectivity index (χ4n) is 3.87. The van der Waals surface area contributed by atoms with Crippen molar-refractivity contribution in [3.63, 3.8) is 0 Å². The average molecular weight is 494 g/mol. The molecule has 1 saturated heterocycles. The Morgan fingerprint density at radius 2 is 1.88 bits per heavy atom. The molecule has 1 amide bonds. The van der Waals surface area contributed by atoms with Crippen molar-refractivity contribution in [3.8, 4) is 0 Å². The summed E-state index contributed by atoms with van der Waals surface area (Å²) in [6.07, 6.45) is 6.83. The molecule has 0 aliphatic carbocycles. The van der Waals surface area contributed by atoms with Gasteiger partial charge in [0.15, 0.2) is 0 Å². The number of rotatable bonds is 12.